The van der Waals surface area contributed by atoms with E-state index >= 15 is 0 Å². The molecule has 11 nitrogen and oxygen atoms in total. The van der Waals surface area contributed by atoms with Crippen LogP contribution in [0.15, 0.2) is 23.0 Å². The smallest absolute Gasteiger partial charge is 0.255 e. The van der Waals surface area contributed by atoms with Gasteiger partial charge in [0.15, 0.2) is 11.4 Å². The fraction of sp³-hybridized carbons (Fsp3) is 0.500. The minimum absolute atomic E-state index is 0.00808. The number of nitrogens with two attached hydrogens (primary N) is 1. The van der Waals surface area contributed by atoms with Crippen LogP contribution in [0.3, 0.4) is 0 Å². The fourth-order valence-electron chi connectivity index (χ4n) is 5.92. The zero-order valence-corrected chi connectivity index (χ0v) is 23.7. The van der Waals surface area contributed by atoms with Crippen LogP contribution in [0.25, 0.3) is 5.76 Å². The number of phenolic OH excluding ortho intramolecular Hbond substituents is 1. The van der Waals surface area contributed by atoms with Gasteiger partial charge >= 0.3 is 0 Å². The van der Waals surface area contributed by atoms with Crippen LogP contribution in [0.2, 0.25) is 5.02 Å². The summed E-state index contributed by atoms with van der Waals surface area (Å²) >= 11 is 6.77. The first kappa shape index (κ1) is 29.6. The number of likely N-dealkylation sites (N-methyl/N-ethyl adjacent to an activating group) is 1. The molecule has 1 unspecified atom stereocenters. The van der Waals surface area contributed by atoms with Crippen LogP contribution >= 0.6 is 11.6 Å². The number of aromatic hydroxyl groups is 1. The van der Waals surface area contributed by atoms with E-state index in [0.717, 1.165) is 0 Å². The maximum Gasteiger partial charge on any atom is 0.255 e. The van der Waals surface area contributed by atoms with E-state index in [1.54, 1.807) is 18.9 Å². The molecule has 1 fully saturated rings. The van der Waals surface area contributed by atoms with E-state index in [0.29, 0.717) is 11.1 Å². The number of aliphatic hydroxyl groups excluding tert-OH is 2. The normalized spacial score (nSPS) is 25.4. The highest BCUT2D eigenvalue weighted by Crippen LogP contribution is 2.53. The second-order valence-corrected chi connectivity index (χ2v) is 12.3. The standard InChI is InChI=1S/C28H34ClN3O8/c1-11(26(39)31-27(2,3)4)32(5)10-13-8-16(33)19-15(21(13)29)7-12-6-14-9-17(34)20(25(30)38)24(37)28(14,40)23(36)18(12)22(19)35/h8,11-12,14,33,35,37,40H,6-7,9-10H2,1-5H3,(H2,30,38)(H,31,39)/t11-,12?,14+,28+/m1/s1. The van der Waals surface area contributed by atoms with Gasteiger partial charge in [0.2, 0.25) is 11.7 Å². The number of hydrogen-bond acceptors (Lipinski definition) is 9. The Labute approximate surface area is 236 Å². The van der Waals surface area contributed by atoms with Crippen molar-refractivity contribution in [2.75, 3.05) is 7.05 Å². The highest BCUT2D eigenvalue weighted by Gasteiger charge is 2.60. The highest BCUT2D eigenvalue weighted by molar-refractivity contribution is 6.32. The second kappa shape index (κ2) is 9.90. The van der Waals surface area contributed by atoms with Crippen LogP contribution in [0.1, 0.15) is 57.2 Å². The topological polar surface area (TPSA) is 190 Å². The third-order valence-electron chi connectivity index (χ3n) is 8.03. The number of hydrogen-bond donors (Lipinski definition) is 6. The number of primary amides is 1. The predicted molar refractivity (Wildman–Crippen MR) is 145 cm³/mol. The zero-order valence-electron chi connectivity index (χ0n) is 23.0. The Morgan fingerprint density at radius 3 is 2.42 bits per heavy atom. The van der Waals surface area contributed by atoms with Crippen molar-refractivity contribution >= 4 is 40.7 Å². The molecular weight excluding hydrogens is 542 g/mol. The van der Waals surface area contributed by atoms with Gasteiger partial charge in [-0.15, -0.1) is 0 Å². The minimum atomic E-state index is -2.62. The molecule has 1 aromatic carbocycles. The molecule has 1 aromatic rings. The van der Waals surface area contributed by atoms with Crippen molar-refractivity contribution in [2.45, 2.75) is 70.7 Å². The first-order valence-corrected chi connectivity index (χ1v) is 13.3. The molecule has 0 aliphatic heterocycles. The molecule has 0 saturated heterocycles. The van der Waals surface area contributed by atoms with Crippen molar-refractivity contribution in [1.82, 2.24) is 10.2 Å². The molecule has 1 saturated carbocycles. The summed E-state index contributed by atoms with van der Waals surface area (Å²) in [5, 5.41) is 47.3. The average molecular weight is 576 g/mol. The Bertz CT molecular complexity index is 1410. The zero-order chi connectivity index (χ0) is 30.1. The van der Waals surface area contributed by atoms with Gasteiger partial charge < -0.3 is 31.5 Å². The van der Waals surface area contributed by atoms with Crippen molar-refractivity contribution in [1.29, 1.82) is 0 Å². The van der Waals surface area contributed by atoms with Gasteiger partial charge in [0.05, 0.1) is 11.6 Å². The summed E-state index contributed by atoms with van der Waals surface area (Å²) < 4.78 is 0. The molecule has 12 heteroatoms. The monoisotopic (exact) mass is 575 g/mol. The molecule has 0 aromatic heterocycles. The van der Waals surface area contributed by atoms with Crippen LogP contribution < -0.4 is 11.1 Å². The van der Waals surface area contributed by atoms with Crippen LogP contribution in [0, 0.1) is 11.8 Å². The minimum Gasteiger partial charge on any atom is -0.508 e. The fourth-order valence-corrected chi connectivity index (χ4v) is 6.21. The Kier molecular flexibility index (Phi) is 7.32. The lowest BCUT2D eigenvalue weighted by Gasteiger charge is -2.46. The van der Waals surface area contributed by atoms with E-state index in [4.69, 9.17) is 17.3 Å². The van der Waals surface area contributed by atoms with Gasteiger partial charge in [0, 0.05) is 35.0 Å². The summed E-state index contributed by atoms with van der Waals surface area (Å²) in [6, 6.07) is 0.812. The molecule has 40 heavy (non-hydrogen) atoms. The Morgan fingerprint density at radius 2 is 1.85 bits per heavy atom. The number of aliphatic hydroxyl groups is 3. The van der Waals surface area contributed by atoms with Gasteiger partial charge in [-0.1, -0.05) is 11.6 Å². The van der Waals surface area contributed by atoms with E-state index in [9.17, 15) is 39.6 Å². The molecule has 7 N–H and O–H groups in total. The first-order chi connectivity index (χ1) is 18.4. The van der Waals surface area contributed by atoms with Gasteiger partial charge in [0.1, 0.15) is 22.8 Å². The van der Waals surface area contributed by atoms with Crippen molar-refractivity contribution in [3.63, 3.8) is 0 Å². The van der Waals surface area contributed by atoms with E-state index in [2.05, 4.69) is 5.32 Å². The largest absolute Gasteiger partial charge is 0.508 e. The molecule has 2 amide bonds. The summed E-state index contributed by atoms with van der Waals surface area (Å²) in [4.78, 5) is 52.3. The van der Waals surface area contributed by atoms with Crippen molar-refractivity contribution < 1.29 is 39.6 Å². The molecule has 4 rings (SSSR count). The Balaban J connectivity index is 1.73. The van der Waals surface area contributed by atoms with Crippen LogP contribution in [0.5, 0.6) is 5.75 Å². The number of halogens is 1. The second-order valence-electron chi connectivity index (χ2n) is 12.0. The van der Waals surface area contributed by atoms with E-state index < -0.39 is 70.0 Å². The lowest BCUT2D eigenvalue weighted by atomic mass is 9.59. The van der Waals surface area contributed by atoms with E-state index in [-0.39, 0.29) is 47.2 Å². The van der Waals surface area contributed by atoms with Gasteiger partial charge in [-0.2, -0.15) is 0 Å². The van der Waals surface area contributed by atoms with Gasteiger partial charge in [-0.05, 0) is 70.7 Å². The molecule has 0 spiro atoms. The van der Waals surface area contributed by atoms with Crippen molar-refractivity contribution in [2.24, 2.45) is 17.6 Å². The van der Waals surface area contributed by atoms with Crippen molar-refractivity contribution in [3.05, 3.63) is 44.7 Å². The predicted octanol–water partition coefficient (Wildman–Crippen LogP) is 1.81. The maximum absolute atomic E-state index is 13.6. The number of rotatable bonds is 5. The van der Waals surface area contributed by atoms with E-state index in [1.807, 2.05) is 20.8 Å². The number of nitrogens with zero attached hydrogens (tertiary/aromatic N) is 1. The summed E-state index contributed by atoms with van der Waals surface area (Å²) in [5.41, 5.74) is 1.87. The highest BCUT2D eigenvalue weighted by atomic mass is 35.5. The lowest BCUT2D eigenvalue weighted by molar-refractivity contribution is -0.147. The number of amides is 2. The number of nitrogens with one attached hydrogen (secondary N) is 1. The summed E-state index contributed by atoms with van der Waals surface area (Å²) in [6.45, 7) is 7.54. The molecule has 0 bridgehead atoms. The number of Topliss-reactive ketones (excluding diaryl/α,β-unsaturated/α-hetero) is 2. The maximum atomic E-state index is 13.6. The van der Waals surface area contributed by atoms with E-state index in [1.165, 1.54) is 6.07 Å². The molecule has 216 valence electrons. The van der Waals surface area contributed by atoms with Gasteiger partial charge in [-0.3, -0.25) is 24.1 Å². The number of carbonyl (C=O) groups is 4. The lowest BCUT2D eigenvalue weighted by Crippen LogP contribution is -2.58. The number of carbonyl (C=O) groups excluding carboxylic acids is 4. The molecule has 0 heterocycles. The summed E-state index contributed by atoms with van der Waals surface area (Å²) in [7, 11) is 1.73. The van der Waals surface area contributed by atoms with Crippen LogP contribution in [0.4, 0.5) is 0 Å². The van der Waals surface area contributed by atoms with Crippen LogP contribution in [-0.2, 0) is 32.1 Å². The van der Waals surface area contributed by atoms with Gasteiger partial charge in [-0.25, -0.2) is 0 Å². The molecular formula is C28H34ClN3O8. The average Bonchev–Trinajstić information content (AvgIpc) is 2.82. The quantitative estimate of drug-likeness (QED) is 0.284. The number of benzene rings is 1. The third-order valence-corrected chi connectivity index (χ3v) is 8.50. The number of phenols is 1. The summed E-state index contributed by atoms with van der Waals surface area (Å²) in [6.07, 6.45) is -0.299. The SMILES string of the molecule is C[C@H](C(=O)NC(C)(C)C)N(C)Cc1cc(O)c2c(c1Cl)CC1C[C@H]3CC(=O)C(C(N)=O)=C(O)[C@@]3(O)C(=O)C1=C2O. The third kappa shape index (κ3) is 4.65. The van der Waals surface area contributed by atoms with Crippen LogP contribution in [-0.4, -0.2) is 72.9 Å². The number of ketones is 2. The Morgan fingerprint density at radius 1 is 1.23 bits per heavy atom. The molecule has 3 aliphatic carbocycles. The summed E-state index contributed by atoms with van der Waals surface area (Å²) in [5.74, 6) is -7.17. The van der Waals surface area contributed by atoms with Gasteiger partial charge in [0.25, 0.3) is 5.91 Å². The molecule has 3 aliphatic rings. The van der Waals surface area contributed by atoms with Crippen molar-refractivity contribution in [3.8, 4) is 5.75 Å². The molecule has 0 radical (unpaired) electrons. The molecule has 4 atom stereocenters. The number of fused-ring (bicyclic) bond motifs is 3. The first-order valence-electron chi connectivity index (χ1n) is 12.9. The Hall–Kier alpha value is -3.41.